The third-order valence-electron chi connectivity index (χ3n) is 2.75. The molecule has 17 heavy (non-hydrogen) atoms. The van der Waals surface area contributed by atoms with Crippen LogP contribution in [0.4, 0.5) is 0 Å². The lowest BCUT2D eigenvalue weighted by Crippen LogP contribution is -2.22. The number of hydrogen-bond donors (Lipinski definition) is 1. The number of aromatic nitrogens is 2. The second-order valence-corrected chi connectivity index (χ2v) is 4.29. The standard InChI is InChI=1S/C13H25N3O/c1-4-8-14-13(7-6-9-17-5-2)12-10-15-16(3)11-12/h10-11,13-14H,4-9H2,1-3H3. The Morgan fingerprint density at radius 2 is 2.29 bits per heavy atom. The smallest absolute Gasteiger partial charge is 0.0537 e. The van der Waals surface area contributed by atoms with Gasteiger partial charge in [0, 0.05) is 38.1 Å². The highest BCUT2D eigenvalue weighted by Crippen LogP contribution is 2.17. The average molecular weight is 239 g/mol. The van der Waals surface area contributed by atoms with E-state index in [9.17, 15) is 0 Å². The molecule has 0 aliphatic carbocycles. The Kier molecular flexibility index (Phi) is 6.89. The first-order chi connectivity index (χ1) is 8.27. The largest absolute Gasteiger partial charge is 0.382 e. The minimum atomic E-state index is 0.407. The van der Waals surface area contributed by atoms with Crippen LogP contribution in [0.3, 0.4) is 0 Å². The molecule has 1 N–H and O–H groups in total. The zero-order valence-electron chi connectivity index (χ0n) is 11.3. The molecule has 0 saturated heterocycles. The predicted octanol–water partition coefficient (Wildman–Crippen LogP) is 2.28. The van der Waals surface area contributed by atoms with Crippen LogP contribution in [0.5, 0.6) is 0 Å². The second kappa shape index (κ2) is 8.25. The minimum Gasteiger partial charge on any atom is -0.382 e. The normalized spacial score (nSPS) is 12.9. The number of aryl methyl sites for hydroxylation is 1. The van der Waals surface area contributed by atoms with E-state index < -0.39 is 0 Å². The van der Waals surface area contributed by atoms with Gasteiger partial charge in [0.15, 0.2) is 0 Å². The van der Waals surface area contributed by atoms with Gasteiger partial charge in [0.25, 0.3) is 0 Å². The summed E-state index contributed by atoms with van der Waals surface area (Å²) in [6.07, 6.45) is 7.39. The summed E-state index contributed by atoms with van der Waals surface area (Å²) in [7, 11) is 1.96. The predicted molar refractivity (Wildman–Crippen MR) is 70.0 cm³/mol. The highest BCUT2D eigenvalue weighted by atomic mass is 16.5. The highest BCUT2D eigenvalue weighted by Gasteiger charge is 2.11. The fourth-order valence-electron chi connectivity index (χ4n) is 1.86. The van der Waals surface area contributed by atoms with Crippen LogP contribution < -0.4 is 5.32 Å². The Labute approximate surface area is 104 Å². The number of rotatable bonds is 9. The van der Waals surface area contributed by atoms with Gasteiger partial charge in [0.2, 0.25) is 0 Å². The van der Waals surface area contributed by atoms with Crippen molar-refractivity contribution in [3.05, 3.63) is 18.0 Å². The molecule has 1 aromatic rings. The molecule has 0 radical (unpaired) electrons. The lowest BCUT2D eigenvalue weighted by atomic mass is 10.1. The van der Waals surface area contributed by atoms with Crippen molar-refractivity contribution in [1.82, 2.24) is 15.1 Å². The summed E-state index contributed by atoms with van der Waals surface area (Å²) in [4.78, 5) is 0. The van der Waals surface area contributed by atoms with Crippen molar-refractivity contribution in [2.45, 2.75) is 39.2 Å². The second-order valence-electron chi connectivity index (χ2n) is 4.29. The molecule has 1 heterocycles. The van der Waals surface area contributed by atoms with Crippen molar-refractivity contribution in [3.63, 3.8) is 0 Å². The van der Waals surface area contributed by atoms with Gasteiger partial charge in [-0.25, -0.2) is 0 Å². The van der Waals surface area contributed by atoms with Crippen molar-refractivity contribution in [3.8, 4) is 0 Å². The molecule has 1 aromatic heterocycles. The van der Waals surface area contributed by atoms with Gasteiger partial charge >= 0.3 is 0 Å². The molecule has 0 bridgehead atoms. The zero-order chi connectivity index (χ0) is 12.5. The van der Waals surface area contributed by atoms with Crippen LogP contribution in [0.2, 0.25) is 0 Å². The summed E-state index contributed by atoms with van der Waals surface area (Å²) in [6.45, 7) is 6.93. The fraction of sp³-hybridized carbons (Fsp3) is 0.769. The Hall–Kier alpha value is -0.870. The summed E-state index contributed by atoms with van der Waals surface area (Å²) in [6, 6.07) is 0.407. The van der Waals surface area contributed by atoms with Crippen molar-refractivity contribution in [2.75, 3.05) is 19.8 Å². The van der Waals surface area contributed by atoms with E-state index in [1.165, 1.54) is 5.56 Å². The molecule has 0 aliphatic heterocycles. The van der Waals surface area contributed by atoms with Crippen LogP contribution in [0.25, 0.3) is 0 Å². The number of nitrogens with zero attached hydrogens (tertiary/aromatic N) is 2. The summed E-state index contributed by atoms with van der Waals surface area (Å²) in [5.41, 5.74) is 1.28. The van der Waals surface area contributed by atoms with Gasteiger partial charge in [0.1, 0.15) is 0 Å². The Balaban J connectivity index is 2.42. The van der Waals surface area contributed by atoms with Gasteiger partial charge in [-0.05, 0) is 32.7 Å². The fourth-order valence-corrected chi connectivity index (χ4v) is 1.86. The quantitative estimate of drug-likeness (QED) is 0.672. The Bertz CT molecular complexity index is 299. The number of nitrogens with one attached hydrogen (secondary N) is 1. The molecular weight excluding hydrogens is 214 g/mol. The summed E-state index contributed by atoms with van der Waals surface area (Å²) < 4.78 is 7.24. The van der Waals surface area contributed by atoms with Crippen LogP contribution in [0.1, 0.15) is 44.7 Å². The molecule has 0 aromatic carbocycles. The van der Waals surface area contributed by atoms with Gasteiger partial charge < -0.3 is 10.1 Å². The average Bonchev–Trinajstić information content (AvgIpc) is 2.75. The minimum absolute atomic E-state index is 0.407. The van der Waals surface area contributed by atoms with Crippen LogP contribution in [-0.4, -0.2) is 29.5 Å². The first-order valence-corrected chi connectivity index (χ1v) is 6.57. The molecule has 0 saturated carbocycles. The zero-order valence-corrected chi connectivity index (χ0v) is 11.3. The molecule has 1 rings (SSSR count). The first kappa shape index (κ1) is 14.2. The van der Waals surface area contributed by atoms with Crippen molar-refractivity contribution in [1.29, 1.82) is 0 Å². The van der Waals surface area contributed by atoms with E-state index in [4.69, 9.17) is 4.74 Å². The molecular formula is C13H25N3O. The molecule has 1 unspecified atom stereocenters. The lowest BCUT2D eigenvalue weighted by molar-refractivity contribution is 0.141. The highest BCUT2D eigenvalue weighted by molar-refractivity contribution is 5.10. The van der Waals surface area contributed by atoms with E-state index in [1.807, 2.05) is 24.9 Å². The van der Waals surface area contributed by atoms with Crippen molar-refractivity contribution in [2.24, 2.45) is 7.05 Å². The van der Waals surface area contributed by atoms with E-state index in [0.29, 0.717) is 6.04 Å². The number of hydrogen-bond acceptors (Lipinski definition) is 3. The van der Waals surface area contributed by atoms with E-state index in [1.54, 1.807) is 0 Å². The van der Waals surface area contributed by atoms with Gasteiger partial charge in [-0.3, -0.25) is 4.68 Å². The van der Waals surface area contributed by atoms with Crippen molar-refractivity contribution < 1.29 is 4.74 Å². The molecule has 0 amide bonds. The van der Waals surface area contributed by atoms with Gasteiger partial charge in [-0.1, -0.05) is 6.92 Å². The van der Waals surface area contributed by atoms with Crippen LogP contribution in [-0.2, 0) is 11.8 Å². The molecule has 1 atom stereocenters. The third kappa shape index (κ3) is 5.33. The molecule has 0 spiro atoms. The summed E-state index contributed by atoms with van der Waals surface area (Å²) in [5, 5.41) is 7.80. The number of ether oxygens (including phenoxy) is 1. The van der Waals surface area contributed by atoms with E-state index in [2.05, 4.69) is 23.5 Å². The molecule has 4 heteroatoms. The Morgan fingerprint density at radius 1 is 1.47 bits per heavy atom. The molecule has 0 aliphatic rings. The maximum absolute atomic E-state index is 5.38. The van der Waals surface area contributed by atoms with Crippen LogP contribution in [0, 0.1) is 0 Å². The van der Waals surface area contributed by atoms with E-state index in [0.717, 1.165) is 39.0 Å². The molecule has 98 valence electrons. The SMILES string of the molecule is CCCNC(CCCOCC)c1cnn(C)c1. The van der Waals surface area contributed by atoms with Gasteiger partial charge in [-0.2, -0.15) is 5.10 Å². The maximum Gasteiger partial charge on any atom is 0.0537 e. The first-order valence-electron chi connectivity index (χ1n) is 6.57. The van der Waals surface area contributed by atoms with Crippen LogP contribution >= 0.6 is 0 Å². The Morgan fingerprint density at radius 3 is 2.88 bits per heavy atom. The molecule has 4 nitrogen and oxygen atoms in total. The maximum atomic E-state index is 5.38. The summed E-state index contributed by atoms with van der Waals surface area (Å²) in [5.74, 6) is 0. The monoisotopic (exact) mass is 239 g/mol. The van der Waals surface area contributed by atoms with Gasteiger partial charge in [-0.15, -0.1) is 0 Å². The van der Waals surface area contributed by atoms with E-state index in [-0.39, 0.29) is 0 Å². The van der Waals surface area contributed by atoms with Gasteiger partial charge in [0.05, 0.1) is 6.20 Å². The third-order valence-corrected chi connectivity index (χ3v) is 2.75. The lowest BCUT2D eigenvalue weighted by Gasteiger charge is -2.16. The van der Waals surface area contributed by atoms with Crippen LogP contribution in [0.15, 0.2) is 12.4 Å². The topological polar surface area (TPSA) is 39.1 Å². The molecule has 0 fully saturated rings. The summed E-state index contributed by atoms with van der Waals surface area (Å²) >= 11 is 0. The van der Waals surface area contributed by atoms with E-state index >= 15 is 0 Å². The van der Waals surface area contributed by atoms with Crippen molar-refractivity contribution >= 4 is 0 Å².